The predicted molar refractivity (Wildman–Crippen MR) is 153 cm³/mol. The van der Waals surface area contributed by atoms with Crippen LogP contribution in [0.5, 0.6) is 0 Å². The van der Waals surface area contributed by atoms with Crippen LogP contribution in [0, 0.1) is 0 Å². The smallest absolute Gasteiger partial charge is 0.275 e. The van der Waals surface area contributed by atoms with Gasteiger partial charge in [0.05, 0.1) is 18.5 Å². The lowest BCUT2D eigenvalue weighted by molar-refractivity contribution is -0.123. The molecule has 206 valence electrons. The number of benzene rings is 2. The number of rotatable bonds is 4. The summed E-state index contributed by atoms with van der Waals surface area (Å²) in [4.78, 5) is 45.4. The van der Waals surface area contributed by atoms with Gasteiger partial charge in [0.25, 0.3) is 5.91 Å². The molecule has 1 saturated heterocycles. The molecule has 3 heterocycles. The first-order valence-corrected chi connectivity index (χ1v) is 13.8. The monoisotopic (exact) mass is 538 g/mol. The highest BCUT2D eigenvalue weighted by Gasteiger charge is 2.25. The second-order valence-electron chi connectivity index (χ2n) is 10.1. The van der Waals surface area contributed by atoms with E-state index in [2.05, 4.69) is 32.8 Å². The fraction of sp³-hybridized carbons (Fsp3) is 0.323. The lowest BCUT2D eigenvalue weighted by Crippen LogP contribution is -2.43. The van der Waals surface area contributed by atoms with Gasteiger partial charge in [0.2, 0.25) is 11.8 Å². The molecule has 0 radical (unpaired) electrons. The van der Waals surface area contributed by atoms with Crippen molar-refractivity contribution in [3.63, 3.8) is 0 Å². The van der Waals surface area contributed by atoms with E-state index in [0.29, 0.717) is 62.9 Å². The normalized spacial score (nSPS) is 17.6. The number of nitrogens with zero attached hydrogens (tertiary/aromatic N) is 4. The van der Waals surface area contributed by atoms with Gasteiger partial charge in [-0.1, -0.05) is 60.7 Å². The fourth-order valence-corrected chi connectivity index (χ4v) is 5.15. The van der Waals surface area contributed by atoms with Gasteiger partial charge in [-0.05, 0) is 48.4 Å². The van der Waals surface area contributed by atoms with Crippen LogP contribution in [0.15, 0.2) is 79.0 Å². The zero-order chi connectivity index (χ0) is 27.7. The van der Waals surface area contributed by atoms with Crippen LogP contribution in [0.25, 0.3) is 11.0 Å². The van der Waals surface area contributed by atoms with Gasteiger partial charge < -0.3 is 15.5 Å². The molecule has 5 rings (SSSR count). The Kier molecular flexibility index (Phi) is 8.80. The van der Waals surface area contributed by atoms with E-state index in [4.69, 9.17) is 0 Å². The van der Waals surface area contributed by atoms with Gasteiger partial charge in [-0.25, -0.2) is 9.67 Å². The van der Waals surface area contributed by atoms with E-state index >= 15 is 0 Å². The second-order valence-corrected chi connectivity index (χ2v) is 10.1. The minimum absolute atomic E-state index is 0.00312. The number of nitrogens with one attached hydrogen (secondary N) is 2. The van der Waals surface area contributed by atoms with Crippen molar-refractivity contribution in [3.05, 3.63) is 95.8 Å². The molecule has 9 heteroatoms. The molecule has 0 saturated carbocycles. The van der Waals surface area contributed by atoms with Crippen LogP contribution in [-0.4, -0.2) is 63.6 Å². The van der Waals surface area contributed by atoms with Crippen molar-refractivity contribution >= 4 is 28.8 Å². The quantitative estimate of drug-likeness (QED) is 0.413. The van der Waals surface area contributed by atoms with Crippen molar-refractivity contribution in [1.29, 1.82) is 0 Å². The summed E-state index contributed by atoms with van der Waals surface area (Å²) < 4.78 is 1.73. The summed E-state index contributed by atoms with van der Waals surface area (Å²) in [5, 5.41) is 11.3. The Bertz CT molecular complexity index is 1450. The SMILES string of the molecule is O=C1CCC(c2ccccc2)CCNC(=O)CN(C(=O)c2nn(Cc3ccccc3)c3ncccc23)CCCN1. The highest BCUT2D eigenvalue weighted by atomic mass is 16.2. The van der Waals surface area contributed by atoms with Crippen LogP contribution < -0.4 is 10.6 Å². The van der Waals surface area contributed by atoms with Crippen molar-refractivity contribution in [2.75, 3.05) is 26.2 Å². The van der Waals surface area contributed by atoms with Crippen molar-refractivity contribution in [3.8, 4) is 0 Å². The van der Waals surface area contributed by atoms with Crippen LogP contribution in [0.2, 0.25) is 0 Å². The fourth-order valence-electron chi connectivity index (χ4n) is 5.15. The first-order valence-electron chi connectivity index (χ1n) is 13.8. The molecule has 3 amide bonds. The number of aromatic nitrogens is 3. The summed E-state index contributed by atoms with van der Waals surface area (Å²) in [6, 6.07) is 23.5. The highest BCUT2D eigenvalue weighted by molar-refractivity contribution is 6.05. The molecule has 1 aliphatic heterocycles. The summed E-state index contributed by atoms with van der Waals surface area (Å²) in [5.74, 6) is -0.398. The Labute approximate surface area is 233 Å². The van der Waals surface area contributed by atoms with Crippen molar-refractivity contribution in [2.45, 2.75) is 38.1 Å². The van der Waals surface area contributed by atoms with Gasteiger partial charge >= 0.3 is 0 Å². The zero-order valence-electron chi connectivity index (χ0n) is 22.5. The van der Waals surface area contributed by atoms with Crippen molar-refractivity contribution in [1.82, 2.24) is 30.3 Å². The van der Waals surface area contributed by atoms with Crippen LogP contribution in [0.1, 0.15) is 53.2 Å². The molecule has 2 aromatic carbocycles. The number of fused-ring (bicyclic) bond motifs is 1. The van der Waals surface area contributed by atoms with E-state index in [1.807, 2.05) is 54.6 Å². The Hall–Kier alpha value is -4.53. The van der Waals surface area contributed by atoms with Gasteiger partial charge in [-0.2, -0.15) is 5.10 Å². The Morgan fingerprint density at radius 3 is 2.42 bits per heavy atom. The molecule has 1 unspecified atom stereocenters. The number of carbonyl (C=O) groups is 3. The summed E-state index contributed by atoms with van der Waals surface area (Å²) in [6.07, 6.45) is 4.03. The Morgan fingerprint density at radius 1 is 0.875 bits per heavy atom. The van der Waals surface area contributed by atoms with Crippen molar-refractivity contribution in [2.24, 2.45) is 0 Å². The molecule has 0 bridgehead atoms. The Balaban J connectivity index is 1.34. The van der Waals surface area contributed by atoms with Gasteiger partial charge in [-0.15, -0.1) is 0 Å². The number of carbonyl (C=O) groups excluding carboxylic acids is 3. The van der Waals surface area contributed by atoms with E-state index in [1.165, 1.54) is 4.90 Å². The minimum Gasteiger partial charge on any atom is -0.356 e. The number of hydrogen-bond donors (Lipinski definition) is 2. The summed E-state index contributed by atoms with van der Waals surface area (Å²) in [6.45, 7) is 1.57. The second kappa shape index (κ2) is 13.0. The standard InChI is InChI=1S/C31H34N6O3/c38-27-15-14-25(24-11-5-2-6-12-24)16-19-33-28(39)22-36(20-8-18-32-27)31(40)29-26-13-7-17-34-30(26)37(35-29)21-23-9-3-1-4-10-23/h1-7,9-13,17,25H,8,14-16,18-22H2,(H,32,38)(H,33,39). The third kappa shape index (κ3) is 6.72. The van der Waals surface area contributed by atoms with E-state index in [0.717, 1.165) is 11.1 Å². The largest absolute Gasteiger partial charge is 0.356 e. The van der Waals surface area contributed by atoms with Gasteiger partial charge in [-0.3, -0.25) is 14.4 Å². The molecule has 0 aliphatic carbocycles. The topological polar surface area (TPSA) is 109 Å². The zero-order valence-corrected chi connectivity index (χ0v) is 22.5. The van der Waals surface area contributed by atoms with E-state index < -0.39 is 0 Å². The maximum atomic E-state index is 13.8. The van der Waals surface area contributed by atoms with Gasteiger partial charge in [0.1, 0.15) is 0 Å². The molecule has 1 atom stereocenters. The minimum atomic E-state index is -0.333. The molecule has 0 spiro atoms. The summed E-state index contributed by atoms with van der Waals surface area (Å²) >= 11 is 0. The number of pyridine rings is 1. The highest BCUT2D eigenvalue weighted by Crippen LogP contribution is 2.25. The average Bonchev–Trinajstić information content (AvgIpc) is 3.35. The first kappa shape index (κ1) is 27.1. The number of hydrogen-bond acceptors (Lipinski definition) is 5. The maximum absolute atomic E-state index is 13.8. The lowest BCUT2D eigenvalue weighted by atomic mass is 9.91. The molecule has 9 nitrogen and oxygen atoms in total. The molecule has 2 aromatic heterocycles. The lowest BCUT2D eigenvalue weighted by Gasteiger charge is -2.23. The van der Waals surface area contributed by atoms with E-state index in [-0.39, 0.29) is 35.9 Å². The first-order chi connectivity index (χ1) is 19.6. The van der Waals surface area contributed by atoms with E-state index in [9.17, 15) is 14.4 Å². The Morgan fingerprint density at radius 2 is 1.62 bits per heavy atom. The van der Waals surface area contributed by atoms with Crippen molar-refractivity contribution < 1.29 is 14.4 Å². The van der Waals surface area contributed by atoms with Crippen LogP contribution in [0.3, 0.4) is 0 Å². The third-order valence-electron chi connectivity index (χ3n) is 7.24. The molecule has 1 fully saturated rings. The summed E-state index contributed by atoms with van der Waals surface area (Å²) in [7, 11) is 0. The average molecular weight is 539 g/mol. The van der Waals surface area contributed by atoms with Crippen LogP contribution >= 0.6 is 0 Å². The maximum Gasteiger partial charge on any atom is 0.275 e. The predicted octanol–water partition coefficient (Wildman–Crippen LogP) is 3.51. The molecular formula is C31H34N6O3. The van der Waals surface area contributed by atoms with Gasteiger partial charge in [0, 0.05) is 32.3 Å². The van der Waals surface area contributed by atoms with Crippen LogP contribution in [0.4, 0.5) is 0 Å². The summed E-state index contributed by atoms with van der Waals surface area (Å²) in [5.41, 5.74) is 3.07. The molecule has 40 heavy (non-hydrogen) atoms. The molecule has 1 aliphatic rings. The van der Waals surface area contributed by atoms with E-state index in [1.54, 1.807) is 16.9 Å². The third-order valence-corrected chi connectivity index (χ3v) is 7.24. The molecule has 2 N–H and O–H groups in total. The number of amides is 3. The molecule has 4 aromatic rings. The van der Waals surface area contributed by atoms with Crippen LogP contribution in [-0.2, 0) is 16.1 Å². The molecular weight excluding hydrogens is 504 g/mol. The van der Waals surface area contributed by atoms with Gasteiger partial charge in [0.15, 0.2) is 11.3 Å².